The van der Waals surface area contributed by atoms with Crippen LogP contribution in [0.3, 0.4) is 0 Å². The van der Waals surface area contributed by atoms with Crippen molar-refractivity contribution >= 4 is 5.78 Å². The van der Waals surface area contributed by atoms with E-state index < -0.39 is 0 Å². The molecule has 0 radical (unpaired) electrons. The van der Waals surface area contributed by atoms with E-state index in [-0.39, 0.29) is 0 Å². The van der Waals surface area contributed by atoms with Crippen LogP contribution in [0.1, 0.15) is 84.0 Å². The SMILES string of the molecule is CC1CC(=O)CC=C1CCCCCCCCCCCO. The highest BCUT2D eigenvalue weighted by molar-refractivity contribution is 5.81. The molecule has 0 bridgehead atoms. The van der Waals surface area contributed by atoms with E-state index in [9.17, 15) is 4.79 Å². The van der Waals surface area contributed by atoms with Crippen molar-refractivity contribution in [3.8, 4) is 0 Å². The lowest BCUT2D eigenvalue weighted by Crippen LogP contribution is -2.12. The van der Waals surface area contributed by atoms with Gasteiger partial charge in [0, 0.05) is 19.4 Å². The summed E-state index contributed by atoms with van der Waals surface area (Å²) in [5, 5.41) is 8.68. The largest absolute Gasteiger partial charge is 0.396 e. The van der Waals surface area contributed by atoms with Crippen molar-refractivity contribution in [2.45, 2.75) is 84.0 Å². The molecular weight excluding hydrogens is 248 g/mol. The van der Waals surface area contributed by atoms with Gasteiger partial charge < -0.3 is 5.11 Å². The third kappa shape index (κ3) is 7.84. The Morgan fingerprint density at radius 2 is 1.55 bits per heavy atom. The number of rotatable bonds is 11. The number of hydrogen-bond acceptors (Lipinski definition) is 2. The first kappa shape index (κ1) is 17.4. The van der Waals surface area contributed by atoms with Crippen LogP contribution in [0.5, 0.6) is 0 Å². The average Bonchev–Trinajstić information content (AvgIpc) is 2.43. The fourth-order valence-corrected chi connectivity index (χ4v) is 3.03. The summed E-state index contributed by atoms with van der Waals surface area (Å²) < 4.78 is 0. The van der Waals surface area contributed by atoms with Crippen LogP contribution in [-0.2, 0) is 4.79 Å². The molecule has 116 valence electrons. The van der Waals surface area contributed by atoms with Crippen molar-refractivity contribution in [1.29, 1.82) is 0 Å². The molecule has 0 saturated carbocycles. The Morgan fingerprint density at radius 1 is 1.00 bits per heavy atom. The second kappa shape index (κ2) is 11.1. The topological polar surface area (TPSA) is 37.3 Å². The van der Waals surface area contributed by atoms with Crippen molar-refractivity contribution < 1.29 is 9.90 Å². The summed E-state index contributed by atoms with van der Waals surface area (Å²) in [5.41, 5.74) is 1.52. The first-order valence-electron chi connectivity index (χ1n) is 8.55. The minimum Gasteiger partial charge on any atom is -0.396 e. The molecule has 0 aromatic rings. The van der Waals surface area contributed by atoms with E-state index in [2.05, 4.69) is 13.0 Å². The predicted octanol–water partition coefficient (Wildman–Crippen LogP) is 4.81. The van der Waals surface area contributed by atoms with Crippen molar-refractivity contribution in [3.05, 3.63) is 11.6 Å². The van der Waals surface area contributed by atoms with E-state index >= 15 is 0 Å². The third-order valence-corrected chi connectivity index (χ3v) is 4.38. The van der Waals surface area contributed by atoms with E-state index in [4.69, 9.17) is 5.11 Å². The van der Waals surface area contributed by atoms with E-state index in [0.717, 1.165) is 12.8 Å². The number of allylic oxidation sites excluding steroid dienone is 2. The second-order valence-electron chi connectivity index (χ2n) is 6.28. The number of ketones is 1. The van der Waals surface area contributed by atoms with Crippen molar-refractivity contribution in [1.82, 2.24) is 0 Å². The molecule has 1 rings (SSSR count). The zero-order chi connectivity index (χ0) is 14.6. The molecule has 0 saturated heterocycles. The number of carbonyl (C=O) groups excluding carboxylic acids is 1. The molecule has 0 heterocycles. The van der Waals surface area contributed by atoms with Crippen molar-refractivity contribution in [2.75, 3.05) is 6.61 Å². The van der Waals surface area contributed by atoms with Crippen LogP contribution in [0.4, 0.5) is 0 Å². The number of unbranched alkanes of at least 4 members (excludes halogenated alkanes) is 8. The number of carbonyl (C=O) groups is 1. The number of Topliss-reactive ketones (excluding diaryl/α,β-unsaturated/α-hetero) is 1. The molecule has 0 fully saturated rings. The highest BCUT2D eigenvalue weighted by Crippen LogP contribution is 2.26. The number of hydrogen-bond donors (Lipinski definition) is 1. The van der Waals surface area contributed by atoms with Crippen molar-refractivity contribution in [2.24, 2.45) is 5.92 Å². The van der Waals surface area contributed by atoms with Gasteiger partial charge in [-0.05, 0) is 25.2 Å². The summed E-state index contributed by atoms with van der Waals surface area (Å²) in [6.45, 7) is 2.54. The maximum absolute atomic E-state index is 11.3. The average molecular weight is 280 g/mol. The van der Waals surface area contributed by atoms with Gasteiger partial charge in [0.15, 0.2) is 0 Å². The Kier molecular flexibility index (Phi) is 9.65. The van der Waals surface area contributed by atoms with Crippen LogP contribution >= 0.6 is 0 Å². The summed E-state index contributed by atoms with van der Waals surface area (Å²) in [4.78, 5) is 11.3. The van der Waals surface area contributed by atoms with E-state index in [1.54, 1.807) is 0 Å². The minimum absolute atomic E-state index is 0.347. The number of aliphatic hydroxyl groups is 1. The van der Waals surface area contributed by atoms with Gasteiger partial charge in [0.25, 0.3) is 0 Å². The van der Waals surface area contributed by atoms with E-state index in [1.807, 2.05) is 0 Å². The maximum atomic E-state index is 11.3. The van der Waals surface area contributed by atoms with Crippen LogP contribution in [0.2, 0.25) is 0 Å². The molecule has 0 amide bonds. The Morgan fingerprint density at radius 3 is 2.10 bits per heavy atom. The van der Waals surface area contributed by atoms with Gasteiger partial charge in [-0.1, -0.05) is 63.5 Å². The summed E-state index contributed by atoms with van der Waals surface area (Å²) in [6, 6.07) is 0. The zero-order valence-corrected chi connectivity index (χ0v) is 13.2. The fraction of sp³-hybridized carbons (Fsp3) is 0.833. The van der Waals surface area contributed by atoms with Gasteiger partial charge in [-0.2, -0.15) is 0 Å². The molecule has 0 aromatic heterocycles. The molecule has 20 heavy (non-hydrogen) atoms. The monoisotopic (exact) mass is 280 g/mol. The van der Waals surface area contributed by atoms with Crippen LogP contribution in [0.25, 0.3) is 0 Å². The molecule has 1 aliphatic carbocycles. The van der Waals surface area contributed by atoms with Gasteiger partial charge in [0.05, 0.1) is 0 Å². The third-order valence-electron chi connectivity index (χ3n) is 4.38. The molecule has 0 aromatic carbocycles. The first-order valence-corrected chi connectivity index (χ1v) is 8.55. The second-order valence-corrected chi connectivity index (χ2v) is 6.28. The summed E-state index contributed by atoms with van der Waals surface area (Å²) >= 11 is 0. The molecule has 2 heteroatoms. The van der Waals surface area contributed by atoms with Crippen LogP contribution < -0.4 is 0 Å². The fourth-order valence-electron chi connectivity index (χ4n) is 3.03. The summed E-state index contributed by atoms with van der Waals surface area (Å²) in [5.74, 6) is 0.894. The van der Waals surface area contributed by atoms with E-state index in [0.29, 0.717) is 24.7 Å². The lowest BCUT2D eigenvalue weighted by Gasteiger charge is -2.19. The molecule has 1 atom stereocenters. The zero-order valence-electron chi connectivity index (χ0n) is 13.2. The minimum atomic E-state index is 0.347. The Hall–Kier alpha value is -0.630. The summed E-state index contributed by atoms with van der Waals surface area (Å²) in [6.07, 6.45) is 16.2. The smallest absolute Gasteiger partial charge is 0.137 e. The molecule has 2 nitrogen and oxygen atoms in total. The van der Waals surface area contributed by atoms with Gasteiger partial charge >= 0.3 is 0 Å². The highest BCUT2D eigenvalue weighted by Gasteiger charge is 2.17. The van der Waals surface area contributed by atoms with Gasteiger partial charge in [-0.3, -0.25) is 4.79 Å². The van der Waals surface area contributed by atoms with Gasteiger partial charge in [-0.25, -0.2) is 0 Å². The predicted molar refractivity (Wildman–Crippen MR) is 84.7 cm³/mol. The Bertz CT molecular complexity index is 294. The van der Waals surface area contributed by atoms with Crippen LogP contribution in [-0.4, -0.2) is 17.5 Å². The highest BCUT2D eigenvalue weighted by atomic mass is 16.2. The van der Waals surface area contributed by atoms with Gasteiger partial charge in [0.2, 0.25) is 0 Å². The quantitative estimate of drug-likeness (QED) is 0.436. The van der Waals surface area contributed by atoms with Crippen LogP contribution in [0.15, 0.2) is 11.6 Å². The molecule has 1 N–H and O–H groups in total. The first-order chi connectivity index (χ1) is 9.74. The lowest BCUT2D eigenvalue weighted by atomic mass is 9.85. The Balaban J connectivity index is 1.91. The van der Waals surface area contributed by atoms with Crippen molar-refractivity contribution in [3.63, 3.8) is 0 Å². The van der Waals surface area contributed by atoms with Crippen LogP contribution in [0, 0.1) is 5.92 Å². The molecule has 1 aliphatic rings. The lowest BCUT2D eigenvalue weighted by molar-refractivity contribution is -0.119. The molecule has 0 spiro atoms. The summed E-state index contributed by atoms with van der Waals surface area (Å²) in [7, 11) is 0. The molecule has 0 aliphatic heterocycles. The standard InChI is InChI=1S/C18H32O2/c1-16-15-18(20)13-12-17(16)11-9-7-5-3-2-4-6-8-10-14-19/h12,16,19H,2-11,13-15H2,1H3. The molecule has 1 unspecified atom stereocenters. The molecular formula is C18H32O2. The van der Waals surface area contributed by atoms with Gasteiger partial charge in [-0.15, -0.1) is 0 Å². The van der Waals surface area contributed by atoms with E-state index in [1.165, 1.54) is 63.4 Å². The Labute approximate surface area is 124 Å². The normalized spacial score (nSPS) is 19.2. The number of aliphatic hydroxyl groups excluding tert-OH is 1. The van der Waals surface area contributed by atoms with Gasteiger partial charge in [0.1, 0.15) is 5.78 Å². The maximum Gasteiger partial charge on any atom is 0.137 e.